The van der Waals surface area contributed by atoms with Crippen LogP contribution in [-0.2, 0) is 18.9 Å². The Balaban J connectivity index is 1.74. The van der Waals surface area contributed by atoms with E-state index in [9.17, 15) is 4.79 Å². The molecule has 0 spiro atoms. The van der Waals surface area contributed by atoms with Crippen LogP contribution in [0.15, 0.2) is 36.4 Å². The second-order valence-electron chi connectivity index (χ2n) is 5.41. The summed E-state index contributed by atoms with van der Waals surface area (Å²) in [6.07, 6.45) is 0. The lowest BCUT2D eigenvalue weighted by atomic mass is 10.1. The van der Waals surface area contributed by atoms with Gasteiger partial charge >= 0.3 is 5.97 Å². The molecule has 0 amide bonds. The Kier molecular flexibility index (Phi) is 8.18. The molecule has 0 radical (unpaired) electrons. The average Bonchev–Trinajstić information content (AvgIpc) is 2.65. The van der Waals surface area contributed by atoms with Gasteiger partial charge < -0.3 is 24.3 Å². The summed E-state index contributed by atoms with van der Waals surface area (Å²) in [4.78, 5) is 11.6. The molecule has 1 N–H and O–H groups in total. The van der Waals surface area contributed by atoms with E-state index in [0.717, 1.165) is 16.5 Å². The minimum atomic E-state index is -0.326. The third-order valence-electron chi connectivity index (χ3n) is 3.64. The van der Waals surface area contributed by atoms with Crippen molar-refractivity contribution in [2.75, 3.05) is 59.1 Å². The van der Waals surface area contributed by atoms with Crippen LogP contribution < -0.4 is 5.32 Å². The van der Waals surface area contributed by atoms with Crippen molar-refractivity contribution >= 4 is 22.4 Å². The van der Waals surface area contributed by atoms with Crippen molar-refractivity contribution in [1.29, 1.82) is 0 Å². The lowest BCUT2D eigenvalue weighted by molar-refractivity contribution is 0.0272. The van der Waals surface area contributed by atoms with E-state index in [1.807, 2.05) is 30.3 Å². The third-order valence-corrected chi connectivity index (χ3v) is 3.64. The highest BCUT2D eigenvalue weighted by Gasteiger charge is 2.06. The van der Waals surface area contributed by atoms with Gasteiger partial charge in [0.15, 0.2) is 0 Å². The van der Waals surface area contributed by atoms with E-state index in [0.29, 0.717) is 45.1 Å². The number of anilines is 1. The van der Waals surface area contributed by atoms with Crippen LogP contribution in [0.2, 0.25) is 0 Å². The first-order valence-corrected chi connectivity index (χ1v) is 8.25. The fourth-order valence-corrected chi connectivity index (χ4v) is 2.33. The summed E-state index contributed by atoms with van der Waals surface area (Å²) in [5.74, 6) is -0.326. The van der Waals surface area contributed by atoms with Crippen LogP contribution in [0.4, 0.5) is 5.69 Å². The first-order valence-electron chi connectivity index (χ1n) is 8.25. The van der Waals surface area contributed by atoms with Crippen LogP contribution in [0, 0.1) is 0 Å². The summed E-state index contributed by atoms with van der Waals surface area (Å²) >= 11 is 0. The normalized spacial score (nSPS) is 10.8. The summed E-state index contributed by atoms with van der Waals surface area (Å²) in [6, 6.07) is 11.5. The Bertz CT molecular complexity index is 674. The largest absolute Gasteiger partial charge is 0.465 e. The second kappa shape index (κ2) is 10.7. The Labute approximate surface area is 148 Å². The van der Waals surface area contributed by atoms with Crippen molar-refractivity contribution in [1.82, 2.24) is 0 Å². The number of carbonyl (C=O) groups is 1. The molecule has 0 aliphatic rings. The van der Waals surface area contributed by atoms with Gasteiger partial charge in [-0.25, -0.2) is 4.79 Å². The number of esters is 1. The van der Waals surface area contributed by atoms with Gasteiger partial charge in [0, 0.05) is 19.3 Å². The summed E-state index contributed by atoms with van der Waals surface area (Å²) in [7, 11) is 3.03. The van der Waals surface area contributed by atoms with Crippen LogP contribution in [0.3, 0.4) is 0 Å². The molecule has 0 unspecified atom stereocenters. The Morgan fingerprint density at radius 2 is 1.56 bits per heavy atom. The van der Waals surface area contributed by atoms with Crippen LogP contribution in [0.25, 0.3) is 10.8 Å². The average molecular weight is 347 g/mol. The number of hydrogen-bond acceptors (Lipinski definition) is 6. The molecule has 0 heterocycles. The molecule has 0 saturated carbocycles. The molecule has 6 nitrogen and oxygen atoms in total. The molecule has 0 aromatic heterocycles. The predicted molar refractivity (Wildman–Crippen MR) is 97.3 cm³/mol. The molecule has 25 heavy (non-hydrogen) atoms. The first-order chi connectivity index (χ1) is 12.2. The zero-order chi connectivity index (χ0) is 17.9. The maximum Gasteiger partial charge on any atom is 0.337 e. The topological polar surface area (TPSA) is 66.0 Å². The lowest BCUT2D eigenvalue weighted by Gasteiger charge is -2.09. The smallest absolute Gasteiger partial charge is 0.337 e. The van der Waals surface area contributed by atoms with Crippen molar-refractivity contribution in [2.24, 2.45) is 0 Å². The molecule has 2 rings (SSSR count). The highest BCUT2D eigenvalue weighted by molar-refractivity contribution is 5.96. The van der Waals surface area contributed by atoms with Gasteiger partial charge in [-0.2, -0.15) is 0 Å². The van der Waals surface area contributed by atoms with Crippen LogP contribution in [-0.4, -0.2) is 59.8 Å². The monoisotopic (exact) mass is 347 g/mol. The third kappa shape index (κ3) is 6.34. The highest BCUT2D eigenvalue weighted by atomic mass is 16.5. The number of methoxy groups -OCH3 is 2. The van der Waals surface area contributed by atoms with E-state index in [-0.39, 0.29) is 5.97 Å². The second-order valence-corrected chi connectivity index (χ2v) is 5.41. The summed E-state index contributed by atoms with van der Waals surface area (Å²) < 4.78 is 20.4. The zero-order valence-corrected chi connectivity index (χ0v) is 14.7. The number of fused-ring (bicyclic) bond motifs is 1. The molecule has 6 heteroatoms. The van der Waals surface area contributed by atoms with Gasteiger partial charge in [0.1, 0.15) is 0 Å². The first kappa shape index (κ1) is 19.2. The van der Waals surface area contributed by atoms with Gasteiger partial charge in [-0.3, -0.25) is 0 Å². The zero-order valence-electron chi connectivity index (χ0n) is 14.7. The maximum absolute atomic E-state index is 11.6. The molecule has 0 saturated heterocycles. The number of hydrogen-bond donors (Lipinski definition) is 1. The van der Waals surface area contributed by atoms with E-state index >= 15 is 0 Å². The van der Waals surface area contributed by atoms with Gasteiger partial charge in [0.25, 0.3) is 0 Å². The summed E-state index contributed by atoms with van der Waals surface area (Å²) in [5.41, 5.74) is 1.56. The van der Waals surface area contributed by atoms with Crippen LogP contribution >= 0.6 is 0 Å². The minimum absolute atomic E-state index is 0.326. The Morgan fingerprint density at radius 1 is 0.880 bits per heavy atom. The molecular weight excluding hydrogens is 322 g/mol. The fourth-order valence-electron chi connectivity index (χ4n) is 2.33. The number of benzene rings is 2. The number of nitrogens with one attached hydrogen (secondary N) is 1. The van der Waals surface area contributed by atoms with Gasteiger partial charge in [-0.05, 0) is 35.0 Å². The molecular formula is C19H25NO5. The standard InChI is InChI=1S/C19H25NO5/c1-22-9-10-25-12-11-24-8-7-20-18-6-5-15-13-17(19(21)23-2)4-3-16(15)14-18/h3-6,13-14,20H,7-12H2,1-2H3. The number of rotatable bonds is 11. The van der Waals surface area contributed by atoms with E-state index in [2.05, 4.69) is 5.32 Å². The quantitative estimate of drug-likeness (QED) is 0.498. The van der Waals surface area contributed by atoms with Crippen LogP contribution in [0.5, 0.6) is 0 Å². The molecule has 0 aliphatic carbocycles. The predicted octanol–water partition coefficient (Wildman–Crippen LogP) is 2.72. The van der Waals surface area contributed by atoms with Gasteiger partial charge in [0.05, 0.1) is 45.7 Å². The molecule has 0 atom stereocenters. The maximum atomic E-state index is 11.6. The summed E-state index contributed by atoms with van der Waals surface area (Å²) in [5, 5.41) is 5.38. The van der Waals surface area contributed by atoms with Crippen molar-refractivity contribution in [3.8, 4) is 0 Å². The summed E-state index contributed by atoms with van der Waals surface area (Å²) in [6.45, 7) is 3.65. The highest BCUT2D eigenvalue weighted by Crippen LogP contribution is 2.21. The lowest BCUT2D eigenvalue weighted by Crippen LogP contribution is -2.13. The van der Waals surface area contributed by atoms with E-state index in [1.54, 1.807) is 13.2 Å². The van der Waals surface area contributed by atoms with E-state index in [1.165, 1.54) is 7.11 Å². The molecule has 2 aromatic carbocycles. The number of ether oxygens (including phenoxy) is 4. The minimum Gasteiger partial charge on any atom is -0.465 e. The van der Waals surface area contributed by atoms with Crippen LogP contribution in [0.1, 0.15) is 10.4 Å². The molecule has 0 aliphatic heterocycles. The van der Waals surface area contributed by atoms with Gasteiger partial charge in [0.2, 0.25) is 0 Å². The SMILES string of the molecule is COCCOCCOCCNc1ccc2cc(C(=O)OC)ccc2c1. The van der Waals surface area contributed by atoms with Crippen molar-refractivity contribution in [2.45, 2.75) is 0 Å². The molecule has 136 valence electrons. The van der Waals surface area contributed by atoms with Crippen molar-refractivity contribution < 1.29 is 23.7 Å². The Morgan fingerprint density at radius 3 is 2.32 bits per heavy atom. The van der Waals surface area contributed by atoms with Crippen molar-refractivity contribution in [3.05, 3.63) is 42.0 Å². The molecule has 2 aromatic rings. The molecule has 0 fully saturated rings. The molecule has 0 bridgehead atoms. The number of carbonyl (C=O) groups excluding carboxylic acids is 1. The Hall–Kier alpha value is -2.15. The van der Waals surface area contributed by atoms with Gasteiger partial charge in [-0.1, -0.05) is 12.1 Å². The van der Waals surface area contributed by atoms with Gasteiger partial charge in [-0.15, -0.1) is 0 Å². The fraction of sp³-hybridized carbons (Fsp3) is 0.421. The van der Waals surface area contributed by atoms with E-state index < -0.39 is 0 Å². The van der Waals surface area contributed by atoms with Crippen molar-refractivity contribution in [3.63, 3.8) is 0 Å². The van der Waals surface area contributed by atoms with E-state index in [4.69, 9.17) is 18.9 Å².